The van der Waals surface area contributed by atoms with E-state index in [9.17, 15) is 9.59 Å². The third-order valence-corrected chi connectivity index (χ3v) is 8.49. The fraction of sp³-hybridized carbons (Fsp3) is 0.680. The van der Waals surface area contributed by atoms with Crippen molar-refractivity contribution in [1.29, 1.82) is 0 Å². The number of halogens is 1. The molecule has 1 aromatic carbocycles. The highest BCUT2D eigenvalue weighted by molar-refractivity contribution is 6.24. The van der Waals surface area contributed by atoms with Gasteiger partial charge in [0.25, 0.3) is 0 Å². The van der Waals surface area contributed by atoms with Crippen molar-refractivity contribution in [2.45, 2.75) is 87.1 Å². The van der Waals surface area contributed by atoms with Gasteiger partial charge in [0.2, 0.25) is 5.91 Å². The van der Waals surface area contributed by atoms with Gasteiger partial charge in [-0.3, -0.25) is 4.79 Å². The highest BCUT2D eigenvalue weighted by atomic mass is 35.5. The first-order chi connectivity index (χ1) is 14.8. The number of carbonyl (C=O) groups excluding carboxylic acids is 2. The summed E-state index contributed by atoms with van der Waals surface area (Å²) in [5, 5.41) is 6.61. The molecule has 1 saturated heterocycles. The summed E-state index contributed by atoms with van der Waals surface area (Å²) in [4.78, 5) is 27.0. The van der Waals surface area contributed by atoms with Crippen LogP contribution in [-0.4, -0.2) is 46.4 Å². The van der Waals surface area contributed by atoms with Crippen molar-refractivity contribution in [3.05, 3.63) is 35.4 Å². The van der Waals surface area contributed by atoms with Crippen LogP contribution in [0, 0.1) is 5.92 Å². The summed E-state index contributed by atoms with van der Waals surface area (Å²) in [5.41, 5.74) is 2.66. The standard InChI is InChI=1S/C25H34ClN3O2/c1-16(2)22(30)29-9-7-19(8-10-29)27-23(31)28-25-13-17-11-24(26,15-25)12-18(14-25)21-6-4-3-5-20(17)21/h3-6,16-19H,7-15H2,1-2H3,(H2,27,28,31). The lowest BCUT2D eigenvalue weighted by atomic mass is 9.62. The van der Waals surface area contributed by atoms with E-state index in [0.717, 1.165) is 58.0 Å². The van der Waals surface area contributed by atoms with E-state index in [2.05, 4.69) is 34.9 Å². The van der Waals surface area contributed by atoms with Crippen molar-refractivity contribution in [3.63, 3.8) is 0 Å². The van der Waals surface area contributed by atoms with Crippen LogP contribution in [0.2, 0.25) is 0 Å². The SMILES string of the molecule is CC(C)C(=O)N1CCC(NC(=O)NC23CC4CC(Cl)(CC(C2)c2ccccc24)C3)CC1. The smallest absolute Gasteiger partial charge is 0.315 e. The Kier molecular flexibility index (Phi) is 5.23. The monoisotopic (exact) mass is 443 g/mol. The Labute approximate surface area is 190 Å². The third kappa shape index (κ3) is 3.94. The number of rotatable bonds is 3. The van der Waals surface area contributed by atoms with Gasteiger partial charge < -0.3 is 15.5 Å². The molecule has 2 N–H and O–H groups in total. The molecule has 0 radical (unpaired) electrons. The minimum Gasteiger partial charge on any atom is -0.342 e. The second-order valence-electron chi connectivity index (χ2n) is 10.8. The van der Waals surface area contributed by atoms with Crippen LogP contribution in [0.1, 0.15) is 81.8 Å². The van der Waals surface area contributed by atoms with E-state index in [0.29, 0.717) is 11.8 Å². The maximum absolute atomic E-state index is 13.1. The number of piperidine rings is 1. The van der Waals surface area contributed by atoms with Crippen molar-refractivity contribution in [1.82, 2.24) is 15.5 Å². The zero-order valence-corrected chi connectivity index (χ0v) is 19.4. The van der Waals surface area contributed by atoms with E-state index in [1.54, 1.807) is 0 Å². The molecule has 3 amide bonds. The van der Waals surface area contributed by atoms with E-state index < -0.39 is 0 Å². The van der Waals surface area contributed by atoms with E-state index in [1.807, 2.05) is 18.7 Å². The van der Waals surface area contributed by atoms with Crippen LogP contribution in [0.3, 0.4) is 0 Å². The average molecular weight is 444 g/mol. The van der Waals surface area contributed by atoms with Crippen LogP contribution in [0.25, 0.3) is 0 Å². The first kappa shape index (κ1) is 21.1. The molecular formula is C25H34ClN3O2. The summed E-state index contributed by atoms with van der Waals surface area (Å²) in [7, 11) is 0. The molecule has 5 nitrogen and oxygen atoms in total. The number of nitrogens with zero attached hydrogens (tertiary/aromatic N) is 1. The lowest BCUT2D eigenvalue weighted by Crippen LogP contribution is -2.61. The highest BCUT2D eigenvalue weighted by Crippen LogP contribution is 2.61. The molecule has 1 aliphatic heterocycles. The van der Waals surface area contributed by atoms with Crippen molar-refractivity contribution in [3.8, 4) is 0 Å². The maximum atomic E-state index is 13.1. The quantitative estimate of drug-likeness (QED) is 0.675. The molecule has 31 heavy (non-hydrogen) atoms. The summed E-state index contributed by atoms with van der Waals surface area (Å²) < 4.78 is 0. The van der Waals surface area contributed by atoms with Gasteiger partial charge in [-0.25, -0.2) is 4.79 Å². The fourth-order valence-electron chi connectivity index (χ4n) is 6.94. The molecule has 4 bridgehead atoms. The largest absolute Gasteiger partial charge is 0.342 e. The molecule has 5 aliphatic rings. The Bertz CT molecular complexity index is 842. The van der Waals surface area contributed by atoms with Gasteiger partial charge in [-0.15, -0.1) is 11.6 Å². The number of carbonyl (C=O) groups is 2. The predicted octanol–water partition coefficient (Wildman–Crippen LogP) is 4.51. The lowest BCUT2D eigenvalue weighted by Gasteiger charge is -2.52. The highest BCUT2D eigenvalue weighted by Gasteiger charge is 2.56. The molecule has 4 aliphatic carbocycles. The van der Waals surface area contributed by atoms with Gasteiger partial charge in [-0.2, -0.15) is 0 Å². The Morgan fingerprint density at radius 1 is 1.03 bits per heavy atom. The van der Waals surface area contributed by atoms with Gasteiger partial charge in [-0.1, -0.05) is 38.1 Å². The van der Waals surface area contributed by atoms with Crippen LogP contribution in [0.5, 0.6) is 0 Å². The van der Waals surface area contributed by atoms with Gasteiger partial charge in [-0.05, 0) is 67.9 Å². The molecule has 2 unspecified atom stereocenters. The van der Waals surface area contributed by atoms with Crippen molar-refractivity contribution in [2.75, 3.05) is 13.1 Å². The topological polar surface area (TPSA) is 61.4 Å². The Morgan fingerprint density at radius 2 is 1.61 bits per heavy atom. The predicted molar refractivity (Wildman–Crippen MR) is 122 cm³/mol. The van der Waals surface area contributed by atoms with Crippen molar-refractivity contribution < 1.29 is 9.59 Å². The second-order valence-corrected chi connectivity index (χ2v) is 11.6. The summed E-state index contributed by atoms with van der Waals surface area (Å²) >= 11 is 7.15. The number of urea groups is 1. The zero-order valence-electron chi connectivity index (χ0n) is 18.6. The van der Waals surface area contributed by atoms with Gasteiger partial charge in [0, 0.05) is 35.5 Å². The van der Waals surface area contributed by atoms with Gasteiger partial charge in [0.1, 0.15) is 0 Å². The summed E-state index contributed by atoms with van der Waals surface area (Å²) in [5.74, 6) is 1.07. The summed E-state index contributed by atoms with van der Waals surface area (Å²) in [6.07, 6.45) is 6.46. The summed E-state index contributed by atoms with van der Waals surface area (Å²) in [6, 6.07) is 8.85. The number of amides is 3. The molecule has 1 aromatic rings. The third-order valence-electron chi connectivity index (χ3n) is 8.04. The summed E-state index contributed by atoms with van der Waals surface area (Å²) in [6.45, 7) is 5.32. The normalized spacial score (nSPS) is 34.4. The lowest BCUT2D eigenvalue weighted by molar-refractivity contribution is -0.135. The minimum absolute atomic E-state index is 0.0276. The van der Waals surface area contributed by atoms with Crippen molar-refractivity contribution >= 4 is 23.5 Å². The zero-order chi connectivity index (χ0) is 21.8. The number of nitrogens with one attached hydrogen (secondary N) is 2. The fourth-order valence-corrected chi connectivity index (χ4v) is 7.57. The first-order valence-corrected chi connectivity index (χ1v) is 12.3. The Balaban J connectivity index is 1.25. The van der Waals surface area contributed by atoms with Crippen LogP contribution >= 0.6 is 11.6 Å². The Morgan fingerprint density at radius 3 is 2.16 bits per heavy atom. The van der Waals surface area contributed by atoms with Crippen molar-refractivity contribution in [2.24, 2.45) is 5.92 Å². The molecule has 2 saturated carbocycles. The molecule has 1 heterocycles. The number of hydrogen-bond donors (Lipinski definition) is 2. The van der Waals surface area contributed by atoms with E-state index in [-0.39, 0.29) is 34.3 Å². The van der Waals surface area contributed by atoms with Crippen LogP contribution < -0.4 is 10.6 Å². The van der Waals surface area contributed by atoms with Crippen LogP contribution in [0.4, 0.5) is 4.79 Å². The number of benzene rings is 1. The molecule has 6 rings (SSSR count). The number of alkyl halides is 1. The number of likely N-dealkylation sites (tertiary alicyclic amines) is 1. The minimum atomic E-state index is -0.231. The Hall–Kier alpha value is -1.75. The second kappa shape index (κ2) is 7.68. The molecule has 6 heteroatoms. The molecule has 0 spiro atoms. The van der Waals surface area contributed by atoms with Crippen LogP contribution in [0.15, 0.2) is 24.3 Å². The molecule has 168 valence electrons. The molecule has 3 fully saturated rings. The van der Waals surface area contributed by atoms with Crippen LogP contribution in [-0.2, 0) is 4.79 Å². The number of hydrogen-bond acceptors (Lipinski definition) is 2. The van der Waals surface area contributed by atoms with Gasteiger partial charge in [0.05, 0.1) is 0 Å². The average Bonchev–Trinajstić information content (AvgIpc) is 2.86. The molecule has 0 aromatic heterocycles. The first-order valence-electron chi connectivity index (χ1n) is 11.9. The van der Waals surface area contributed by atoms with E-state index in [1.165, 1.54) is 11.1 Å². The maximum Gasteiger partial charge on any atom is 0.315 e. The van der Waals surface area contributed by atoms with E-state index >= 15 is 0 Å². The van der Waals surface area contributed by atoms with Gasteiger partial charge in [0.15, 0.2) is 0 Å². The van der Waals surface area contributed by atoms with E-state index in [4.69, 9.17) is 11.6 Å². The molecule has 2 atom stereocenters. The van der Waals surface area contributed by atoms with Gasteiger partial charge >= 0.3 is 6.03 Å². The molecular weight excluding hydrogens is 410 g/mol.